The van der Waals surface area contributed by atoms with Crippen molar-refractivity contribution >= 4 is 19.4 Å². The van der Waals surface area contributed by atoms with Crippen molar-refractivity contribution in [2.45, 2.75) is 79.6 Å². The van der Waals surface area contributed by atoms with E-state index in [0.29, 0.717) is 0 Å². The number of hydrogen-bond acceptors (Lipinski definition) is 5. The molecule has 0 bridgehead atoms. The van der Waals surface area contributed by atoms with Crippen molar-refractivity contribution in [2.75, 3.05) is 12.5 Å². The van der Waals surface area contributed by atoms with Crippen molar-refractivity contribution in [1.82, 2.24) is 0 Å². The van der Waals surface area contributed by atoms with Gasteiger partial charge in [-0.15, -0.1) is 11.6 Å². The van der Waals surface area contributed by atoms with Crippen LogP contribution in [0.15, 0.2) is 0 Å². The van der Waals surface area contributed by atoms with Gasteiger partial charge in [0.2, 0.25) is 6.17 Å². The van der Waals surface area contributed by atoms with E-state index in [4.69, 9.17) is 16.7 Å². The summed E-state index contributed by atoms with van der Waals surface area (Å²) in [7, 11) is -6.59. The van der Waals surface area contributed by atoms with Crippen molar-refractivity contribution in [1.29, 1.82) is 0 Å². The molecule has 1 N–H and O–H groups in total. The monoisotopic (exact) mass is 686 g/mol. The third-order valence-corrected chi connectivity index (χ3v) is 5.69. The first-order valence-corrected chi connectivity index (χ1v) is 11.4. The molecule has 0 aliphatic carbocycles. The standard InChI is InChI=1S/C15H15ClF17O5P.Na/c16-1-3(34)2-37-39(35,36)38-11(25)13(28,29)15(32,33)14(30,31)12(26,27)9(22)7(20)5(18)4(17)6(19)8(21)10(23)24;/h3-11,34H,1-2H2,(H,35,36);/q;+1/p-1. The van der Waals surface area contributed by atoms with Crippen molar-refractivity contribution < 1.29 is 128 Å². The summed E-state index contributed by atoms with van der Waals surface area (Å²) in [5.41, 5.74) is 0. The summed E-state index contributed by atoms with van der Waals surface area (Å²) in [5, 5.41) is 8.89. The maximum atomic E-state index is 13.8. The smallest absolute Gasteiger partial charge is 0.756 e. The Morgan fingerprint density at radius 3 is 1.50 bits per heavy atom. The van der Waals surface area contributed by atoms with Gasteiger partial charge in [0.1, 0.15) is 0 Å². The van der Waals surface area contributed by atoms with Crippen LogP contribution in [-0.2, 0) is 13.6 Å². The van der Waals surface area contributed by atoms with Crippen LogP contribution in [-0.4, -0.2) is 97.2 Å². The second-order valence-electron chi connectivity index (χ2n) is 7.33. The molecule has 25 heteroatoms. The van der Waals surface area contributed by atoms with Crippen molar-refractivity contribution in [3.63, 3.8) is 0 Å². The third kappa shape index (κ3) is 9.09. The molecule has 0 aromatic carbocycles. The fraction of sp³-hybridized carbons (Fsp3) is 1.00. The van der Waals surface area contributed by atoms with E-state index in [-0.39, 0.29) is 29.6 Å². The van der Waals surface area contributed by atoms with E-state index in [1.165, 1.54) is 0 Å². The van der Waals surface area contributed by atoms with E-state index < -0.39 is 99.9 Å². The van der Waals surface area contributed by atoms with Gasteiger partial charge in [-0.25, -0.2) is 39.5 Å². The summed E-state index contributed by atoms with van der Waals surface area (Å²) < 4.78 is 244. The van der Waals surface area contributed by atoms with E-state index in [2.05, 4.69) is 9.05 Å². The number of phosphoric acid groups is 1. The summed E-state index contributed by atoms with van der Waals surface area (Å²) in [5.74, 6) is -31.9. The normalized spacial score (nSPS) is 21.4. The predicted octanol–water partition coefficient (Wildman–Crippen LogP) is 2.22. The fourth-order valence-electron chi connectivity index (χ4n) is 2.19. The summed E-state index contributed by atoms with van der Waals surface area (Å²) in [6.07, 6.45) is -41.5. The number of aliphatic hydroxyl groups is 1. The number of phosphoric ester groups is 1. The van der Waals surface area contributed by atoms with Crippen LogP contribution in [0.3, 0.4) is 0 Å². The zero-order valence-electron chi connectivity index (χ0n) is 18.9. The number of hydrogen-bond donors (Lipinski definition) is 1. The molecule has 5 nitrogen and oxygen atoms in total. The first-order valence-electron chi connectivity index (χ1n) is 9.40. The van der Waals surface area contributed by atoms with E-state index in [1.807, 2.05) is 0 Å². The molecular formula is C15H14ClF17NaO5P. The van der Waals surface area contributed by atoms with Crippen molar-refractivity contribution in [2.24, 2.45) is 0 Å². The predicted molar refractivity (Wildman–Crippen MR) is 91.4 cm³/mol. The van der Waals surface area contributed by atoms with Gasteiger partial charge in [-0.1, -0.05) is 0 Å². The number of aliphatic hydroxyl groups excluding tert-OH is 1. The first kappa shape index (κ1) is 42.3. The van der Waals surface area contributed by atoms with E-state index in [9.17, 15) is 84.1 Å². The quantitative estimate of drug-likeness (QED) is 0.110. The molecule has 0 saturated heterocycles. The molecule has 9 unspecified atom stereocenters. The van der Waals surface area contributed by atoms with Gasteiger partial charge in [0, 0.05) is 0 Å². The van der Waals surface area contributed by atoms with E-state index in [0.717, 1.165) is 0 Å². The molecular weight excluding hydrogens is 673 g/mol. The molecule has 0 aromatic rings. The van der Waals surface area contributed by atoms with Gasteiger partial charge in [0.05, 0.1) is 18.6 Å². The maximum Gasteiger partial charge on any atom is 1.00 e. The maximum absolute atomic E-state index is 13.8. The molecule has 40 heavy (non-hydrogen) atoms. The van der Waals surface area contributed by atoms with E-state index in [1.54, 1.807) is 0 Å². The van der Waals surface area contributed by atoms with Gasteiger partial charge in [0.25, 0.3) is 20.6 Å². The molecule has 9 atom stereocenters. The molecule has 0 heterocycles. The zero-order chi connectivity index (χ0) is 31.5. The van der Waals surface area contributed by atoms with Crippen molar-refractivity contribution in [3.05, 3.63) is 0 Å². The van der Waals surface area contributed by atoms with Crippen LogP contribution < -0.4 is 34.5 Å². The molecule has 0 fully saturated rings. The topological polar surface area (TPSA) is 78.8 Å². The summed E-state index contributed by atoms with van der Waals surface area (Å²) in [6.45, 7) is -1.53. The van der Waals surface area contributed by atoms with Gasteiger partial charge in [0.15, 0.2) is 30.9 Å². The fourth-order valence-corrected chi connectivity index (χ4v) is 3.06. The summed E-state index contributed by atoms with van der Waals surface area (Å²) in [6, 6.07) is 0. The van der Waals surface area contributed by atoms with Gasteiger partial charge in [-0.3, -0.25) is 9.09 Å². The second kappa shape index (κ2) is 15.3. The number of rotatable bonds is 17. The SMILES string of the molecule is O=P([O-])(OCC(O)CCl)OC(F)C(F)(F)C(F)(F)C(F)(F)C(F)(F)C(F)C(F)C(F)C(F)C(F)C(F)C(F)F.[Na+]. The van der Waals surface area contributed by atoms with Gasteiger partial charge < -0.3 is 14.5 Å². The molecule has 0 aliphatic heterocycles. The minimum absolute atomic E-state index is 0. The molecule has 0 spiro atoms. The Balaban J connectivity index is 0. The average molecular weight is 687 g/mol. The zero-order valence-corrected chi connectivity index (χ0v) is 22.6. The Hall–Kier alpha value is 0.170. The van der Waals surface area contributed by atoms with E-state index >= 15 is 0 Å². The Bertz CT molecular complexity index is 832. The van der Waals surface area contributed by atoms with Crippen LogP contribution in [0, 0.1) is 0 Å². The Labute approximate surface area is 239 Å². The first-order chi connectivity index (χ1) is 17.2. The van der Waals surface area contributed by atoms with Gasteiger partial charge >= 0.3 is 53.2 Å². The minimum atomic E-state index is -8.05. The third-order valence-electron chi connectivity index (χ3n) is 4.42. The summed E-state index contributed by atoms with van der Waals surface area (Å²) in [4.78, 5) is 11.1. The number of halogens is 18. The molecule has 0 aromatic heterocycles. The van der Waals surface area contributed by atoms with Crippen molar-refractivity contribution in [3.8, 4) is 0 Å². The van der Waals surface area contributed by atoms with Crippen LogP contribution >= 0.6 is 19.4 Å². The van der Waals surface area contributed by atoms with Crippen LogP contribution in [0.1, 0.15) is 0 Å². The second-order valence-corrected chi connectivity index (χ2v) is 9.00. The van der Waals surface area contributed by atoms with Crippen LogP contribution in [0.4, 0.5) is 74.6 Å². The largest absolute Gasteiger partial charge is 1.00 e. The summed E-state index contributed by atoms with van der Waals surface area (Å²) >= 11 is 4.96. The Kier molecular flexibility index (Phi) is 16.1. The Morgan fingerprint density at radius 1 is 0.725 bits per heavy atom. The molecule has 0 amide bonds. The molecule has 0 aliphatic rings. The minimum Gasteiger partial charge on any atom is -0.756 e. The van der Waals surface area contributed by atoms with Crippen LogP contribution in [0.5, 0.6) is 0 Å². The molecule has 236 valence electrons. The van der Waals surface area contributed by atoms with Crippen LogP contribution in [0.2, 0.25) is 0 Å². The van der Waals surface area contributed by atoms with Crippen LogP contribution in [0.25, 0.3) is 0 Å². The average Bonchev–Trinajstić information content (AvgIpc) is 2.83. The van der Waals surface area contributed by atoms with Gasteiger partial charge in [-0.05, 0) is 0 Å². The molecule has 0 radical (unpaired) electrons. The van der Waals surface area contributed by atoms with Gasteiger partial charge in [-0.2, -0.15) is 35.1 Å². The molecule has 0 rings (SSSR count). The molecule has 0 saturated carbocycles. The Morgan fingerprint density at radius 2 is 1.10 bits per heavy atom. The number of alkyl halides is 18.